The van der Waals surface area contributed by atoms with Crippen molar-refractivity contribution < 1.29 is 16.4 Å². The third-order valence-corrected chi connectivity index (χ3v) is 0.287. The van der Waals surface area contributed by atoms with Crippen molar-refractivity contribution in [3.8, 4) is 0 Å². The lowest BCUT2D eigenvalue weighted by molar-refractivity contribution is -0.137. The Morgan fingerprint density at radius 2 is 2.00 bits per heavy atom. The van der Waals surface area contributed by atoms with Gasteiger partial charge in [-0.2, -0.15) is 0 Å². The van der Waals surface area contributed by atoms with Crippen LogP contribution in [0.4, 0.5) is 0 Å². The van der Waals surface area contributed by atoms with Crippen molar-refractivity contribution in [3.05, 3.63) is 0 Å². The summed E-state index contributed by atoms with van der Waals surface area (Å²) in [5, 5.41) is 0. The SMILES string of the molecule is COC(C)=O.O.[2H-]. The molecule has 0 aromatic rings. The Morgan fingerprint density at radius 3 is 2.00 bits per heavy atom. The predicted octanol–water partition coefficient (Wildman–Crippen LogP) is -0.533. The molecule has 0 aromatic carbocycles. The second kappa shape index (κ2) is 4.43. The number of esters is 1. The third-order valence-electron chi connectivity index (χ3n) is 0.287. The van der Waals surface area contributed by atoms with Crippen LogP contribution in [0.1, 0.15) is 8.35 Å². The number of hydrogen-bond acceptors (Lipinski definition) is 2. The molecule has 0 aliphatic heterocycles. The summed E-state index contributed by atoms with van der Waals surface area (Å²) in [4.78, 5) is 9.59. The van der Waals surface area contributed by atoms with E-state index in [2.05, 4.69) is 4.74 Å². The topological polar surface area (TPSA) is 57.8 Å². The van der Waals surface area contributed by atoms with Crippen LogP contribution < -0.4 is 0 Å². The van der Waals surface area contributed by atoms with E-state index in [-0.39, 0.29) is 12.9 Å². The molecule has 0 spiro atoms. The van der Waals surface area contributed by atoms with E-state index in [1.807, 2.05) is 0 Å². The van der Waals surface area contributed by atoms with Gasteiger partial charge in [0.25, 0.3) is 0 Å². The van der Waals surface area contributed by atoms with Crippen molar-refractivity contribution in [1.82, 2.24) is 0 Å². The van der Waals surface area contributed by atoms with Crippen molar-refractivity contribution in [1.29, 1.82) is 0 Å². The molecule has 2 N–H and O–H groups in total. The molecule has 0 saturated heterocycles. The summed E-state index contributed by atoms with van der Waals surface area (Å²) in [5.41, 5.74) is 0. The fourth-order valence-electron chi connectivity index (χ4n) is 0. The molecule has 0 aliphatic carbocycles. The highest BCUT2D eigenvalue weighted by Gasteiger charge is 1.75. The molecule has 0 fully saturated rings. The molecule has 0 saturated carbocycles. The van der Waals surface area contributed by atoms with Crippen molar-refractivity contribution in [2.24, 2.45) is 0 Å². The molecule has 0 atom stereocenters. The minimum absolute atomic E-state index is 0. The van der Waals surface area contributed by atoms with Crippen LogP contribution in [0.2, 0.25) is 0 Å². The van der Waals surface area contributed by atoms with E-state index < -0.39 is 0 Å². The first-order chi connectivity index (χ1) is 2.27. The lowest BCUT2D eigenvalue weighted by Crippen LogP contribution is -1.88. The van der Waals surface area contributed by atoms with Gasteiger partial charge >= 0.3 is 5.97 Å². The van der Waals surface area contributed by atoms with Crippen LogP contribution in [0, 0.1) is 0 Å². The molecule has 0 bridgehead atoms. The molecular formula is C3H9O3-. The first kappa shape index (κ1) is 9.06. The zero-order valence-electron chi connectivity index (χ0n) is 4.82. The van der Waals surface area contributed by atoms with Crippen LogP contribution >= 0.6 is 0 Å². The predicted molar refractivity (Wildman–Crippen MR) is 22.4 cm³/mol. The molecule has 0 amide bonds. The zero-order valence-corrected chi connectivity index (χ0v) is 3.82. The lowest BCUT2D eigenvalue weighted by Gasteiger charge is -1.80. The molecular weight excluding hydrogens is 84.0 g/mol. The average molecular weight is 94.1 g/mol. The highest BCUT2D eigenvalue weighted by atomic mass is 16.5. The van der Waals surface area contributed by atoms with Crippen LogP contribution in [-0.4, -0.2) is 18.6 Å². The van der Waals surface area contributed by atoms with E-state index in [0.29, 0.717) is 0 Å². The summed E-state index contributed by atoms with van der Waals surface area (Å²) in [6.45, 7) is 1.36. The molecule has 0 heterocycles. The Kier molecular flexibility index (Phi) is 6.69. The van der Waals surface area contributed by atoms with Gasteiger partial charge in [-0.15, -0.1) is 0 Å². The summed E-state index contributed by atoms with van der Waals surface area (Å²) in [7, 11) is 1.35. The van der Waals surface area contributed by atoms with Gasteiger partial charge < -0.3 is 11.6 Å². The first-order valence-electron chi connectivity index (χ1n) is 1.32. The van der Waals surface area contributed by atoms with Crippen LogP contribution in [0.25, 0.3) is 0 Å². The Morgan fingerprint density at radius 1 is 1.83 bits per heavy atom. The Labute approximate surface area is 37.7 Å². The third kappa shape index (κ3) is 9.90. The second-order valence-corrected chi connectivity index (χ2v) is 0.696. The average Bonchev–Trinajstić information content (AvgIpc) is 1.38. The van der Waals surface area contributed by atoms with E-state index in [1.165, 1.54) is 14.0 Å². The summed E-state index contributed by atoms with van der Waals surface area (Å²) < 4.78 is 4.11. The zero-order chi connectivity index (χ0) is 4.28. The molecule has 40 valence electrons. The highest BCUT2D eigenvalue weighted by Crippen LogP contribution is 1.60. The summed E-state index contributed by atoms with van der Waals surface area (Å²) >= 11 is 0. The molecule has 0 aromatic heterocycles. The summed E-state index contributed by atoms with van der Waals surface area (Å²) in [6, 6.07) is 0. The van der Waals surface area contributed by atoms with E-state index in [4.69, 9.17) is 0 Å². The van der Waals surface area contributed by atoms with Gasteiger partial charge in [0.15, 0.2) is 0 Å². The fourth-order valence-corrected chi connectivity index (χ4v) is 0. The Balaban J connectivity index is -0.0000000800. The van der Waals surface area contributed by atoms with Gasteiger partial charge in [-0.1, -0.05) is 0 Å². The molecule has 0 radical (unpaired) electrons. The van der Waals surface area contributed by atoms with E-state index in [1.54, 1.807) is 0 Å². The number of hydrogen-bond donors (Lipinski definition) is 0. The van der Waals surface area contributed by atoms with Gasteiger partial charge in [0.2, 0.25) is 0 Å². The number of rotatable bonds is 0. The second-order valence-electron chi connectivity index (χ2n) is 0.696. The maximum Gasteiger partial charge on any atom is 0.302 e. The quantitative estimate of drug-likeness (QED) is 0.379. The molecule has 6 heavy (non-hydrogen) atoms. The fraction of sp³-hybridized carbons (Fsp3) is 0.667. The Hall–Kier alpha value is -0.570. The minimum atomic E-state index is -0.245. The van der Waals surface area contributed by atoms with Gasteiger partial charge in [-0.3, -0.25) is 4.79 Å². The van der Waals surface area contributed by atoms with E-state index in [9.17, 15) is 4.79 Å². The van der Waals surface area contributed by atoms with Crippen LogP contribution in [0.5, 0.6) is 0 Å². The summed E-state index contributed by atoms with van der Waals surface area (Å²) in [6.07, 6.45) is 0. The smallest absolute Gasteiger partial charge is 0.302 e. The number of carbonyl (C=O) groups excluding carboxylic acids is 1. The largest absolute Gasteiger partial charge is 1.00 e. The van der Waals surface area contributed by atoms with Gasteiger partial charge in [-0.05, 0) is 0 Å². The number of carbonyl (C=O) groups is 1. The first-order valence-corrected chi connectivity index (χ1v) is 1.32. The maximum absolute atomic E-state index is 9.59. The normalized spacial score (nSPS) is 5.67. The van der Waals surface area contributed by atoms with Gasteiger partial charge in [0.1, 0.15) is 0 Å². The van der Waals surface area contributed by atoms with Crippen LogP contribution in [0.3, 0.4) is 0 Å². The lowest BCUT2D eigenvalue weighted by atomic mass is 10.8. The van der Waals surface area contributed by atoms with Gasteiger partial charge in [0.05, 0.1) is 7.11 Å². The number of ether oxygens (including phenoxy) is 1. The van der Waals surface area contributed by atoms with Crippen LogP contribution in [0.15, 0.2) is 0 Å². The Bertz CT molecular complexity index is 45.4. The molecule has 3 nitrogen and oxygen atoms in total. The maximum atomic E-state index is 9.59. The minimum Gasteiger partial charge on any atom is -1.00 e. The van der Waals surface area contributed by atoms with E-state index in [0.717, 1.165) is 0 Å². The van der Waals surface area contributed by atoms with Crippen molar-refractivity contribution in [2.45, 2.75) is 6.92 Å². The van der Waals surface area contributed by atoms with Crippen molar-refractivity contribution >= 4 is 5.97 Å². The van der Waals surface area contributed by atoms with E-state index >= 15 is 0 Å². The molecule has 3 heteroatoms. The van der Waals surface area contributed by atoms with Crippen LogP contribution in [-0.2, 0) is 9.53 Å². The molecule has 0 rings (SSSR count). The molecule has 0 unspecified atom stereocenters. The number of methoxy groups -OCH3 is 1. The van der Waals surface area contributed by atoms with Gasteiger partial charge in [-0.25, -0.2) is 0 Å². The standard InChI is InChI=1S/C3H6O2.H2O.H/c1-3(4)5-2;;/h1-2H3;1H2;/q;;-1/i;;1+1. The van der Waals surface area contributed by atoms with Crippen molar-refractivity contribution in [3.63, 3.8) is 0 Å². The highest BCUT2D eigenvalue weighted by molar-refractivity contribution is 5.65. The molecule has 0 aliphatic rings. The monoisotopic (exact) mass is 94.1 g/mol. The van der Waals surface area contributed by atoms with Crippen molar-refractivity contribution in [2.75, 3.05) is 7.11 Å². The summed E-state index contributed by atoms with van der Waals surface area (Å²) in [5.74, 6) is -0.245. The van der Waals surface area contributed by atoms with Gasteiger partial charge in [0, 0.05) is 6.92 Å².